The van der Waals surface area contributed by atoms with E-state index in [1.165, 1.54) is 6.20 Å². The standard InChI is InChI=1S/C12H15N3O3/c13-11(16)8-2-4-10(14-6-8)15-9-3-1-7(5-9)12(17)18/h2,4,6-7,9H,1,3,5H2,(H2,13,16)(H,14,15)(H,17,18)/t7-,9+/m1/s1. The van der Waals surface area contributed by atoms with Crippen molar-refractivity contribution in [3.8, 4) is 0 Å². The fourth-order valence-electron chi connectivity index (χ4n) is 2.17. The number of hydrogen-bond donors (Lipinski definition) is 3. The number of pyridine rings is 1. The molecule has 4 N–H and O–H groups in total. The van der Waals surface area contributed by atoms with Crippen LogP contribution in [0.4, 0.5) is 5.82 Å². The van der Waals surface area contributed by atoms with Gasteiger partial charge in [0.1, 0.15) is 5.82 Å². The van der Waals surface area contributed by atoms with Gasteiger partial charge in [0.2, 0.25) is 5.91 Å². The Morgan fingerprint density at radius 3 is 2.67 bits per heavy atom. The largest absolute Gasteiger partial charge is 0.481 e. The number of anilines is 1. The van der Waals surface area contributed by atoms with Gasteiger partial charge >= 0.3 is 5.97 Å². The first-order valence-electron chi connectivity index (χ1n) is 5.81. The van der Waals surface area contributed by atoms with Gasteiger partial charge in [-0.25, -0.2) is 4.98 Å². The third-order valence-electron chi connectivity index (χ3n) is 3.18. The highest BCUT2D eigenvalue weighted by molar-refractivity contribution is 5.92. The fourth-order valence-corrected chi connectivity index (χ4v) is 2.17. The summed E-state index contributed by atoms with van der Waals surface area (Å²) in [5.41, 5.74) is 5.47. The molecule has 2 rings (SSSR count). The molecule has 1 fully saturated rings. The molecular formula is C12H15N3O3. The second kappa shape index (κ2) is 5.03. The summed E-state index contributed by atoms with van der Waals surface area (Å²) in [5.74, 6) is -0.888. The number of carboxylic acids is 1. The maximum Gasteiger partial charge on any atom is 0.306 e. The van der Waals surface area contributed by atoms with E-state index in [2.05, 4.69) is 10.3 Å². The van der Waals surface area contributed by atoms with Crippen LogP contribution in [0.3, 0.4) is 0 Å². The van der Waals surface area contributed by atoms with E-state index in [4.69, 9.17) is 10.8 Å². The van der Waals surface area contributed by atoms with Gasteiger partial charge in [-0.15, -0.1) is 0 Å². The summed E-state index contributed by atoms with van der Waals surface area (Å²) in [6.45, 7) is 0. The van der Waals surface area contributed by atoms with Gasteiger partial charge in [0.05, 0.1) is 11.5 Å². The number of carbonyl (C=O) groups is 2. The second-order valence-electron chi connectivity index (χ2n) is 4.49. The number of primary amides is 1. The third-order valence-corrected chi connectivity index (χ3v) is 3.18. The molecule has 0 aromatic carbocycles. The number of amides is 1. The number of aliphatic carboxylic acids is 1. The summed E-state index contributed by atoms with van der Waals surface area (Å²) in [7, 11) is 0. The molecule has 2 atom stereocenters. The summed E-state index contributed by atoms with van der Waals surface area (Å²) in [6, 6.07) is 3.40. The van der Waals surface area contributed by atoms with Crippen LogP contribution in [0, 0.1) is 5.92 Å². The molecule has 1 aliphatic rings. The smallest absolute Gasteiger partial charge is 0.306 e. The Kier molecular flexibility index (Phi) is 3.45. The van der Waals surface area contributed by atoms with Gasteiger partial charge in [-0.1, -0.05) is 0 Å². The van der Waals surface area contributed by atoms with E-state index in [1.807, 2.05) is 0 Å². The first-order chi connectivity index (χ1) is 8.56. The summed E-state index contributed by atoms with van der Waals surface area (Å²) >= 11 is 0. The molecule has 1 aromatic heterocycles. The van der Waals surface area contributed by atoms with E-state index in [9.17, 15) is 9.59 Å². The van der Waals surface area contributed by atoms with Gasteiger partial charge in [0, 0.05) is 12.2 Å². The maximum atomic E-state index is 10.9. The number of hydrogen-bond acceptors (Lipinski definition) is 4. The Morgan fingerprint density at radius 1 is 1.39 bits per heavy atom. The molecule has 1 heterocycles. The Morgan fingerprint density at radius 2 is 2.17 bits per heavy atom. The van der Waals surface area contributed by atoms with E-state index in [1.54, 1.807) is 12.1 Å². The number of nitrogens with zero attached hydrogens (tertiary/aromatic N) is 1. The van der Waals surface area contributed by atoms with E-state index in [0.29, 0.717) is 24.2 Å². The zero-order valence-electron chi connectivity index (χ0n) is 9.80. The zero-order valence-corrected chi connectivity index (χ0v) is 9.80. The second-order valence-corrected chi connectivity index (χ2v) is 4.49. The Hall–Kier alpha value is -2.11. The molecule has 1 aliphatic carbocycles. The number of aromatic nitrogens is 1. The molecule has 0 unspecified atom stereocenters. The Labute approximate surface area is 104 Å². The topological polar surface area (TPSA) is 105 Å². The molecule has 0 aliphatic heterocycles. The van der Waals surface area contributed by atoms with E-state index in [0.717, 1.165) is 6.42 Å². The average Bonchev–Trinajstić information content (AvgIpc) is 2.78. The molecular weight excluding hydrogens is 234 g/mol. The lowest BCUT2D eigenvalue weighted by Gasteiger charge is -2.12. The molecule has 96 valence electrons. The molecule has 0 saturated heterocycles. The lowest BCUT2D eigenvalue weighted by atomic mass is 10.1. The van der Waals surface area contributed by atoms with Crippen molar-refractivity contribution in [1.82, 2.24) is 4.98 Å². The zero-order chi connectivity index (χ0) is 13.1. The minimum absolute atomic E-state index is 0.123. The maximum absolute atomic E-state index is 10.9. The van der Waals surface area contributed by atoms with Crippen LogP contribution in [0.15, 0.2) is 18.3 Å². The van der Waals surface area contributed by atoms with Crippen molar-refractivity contribution in [2.24, 2.45) is 11.7 Å². The van der Waals surface area contributed by atoms with Crippen molar-refractivity contribution < 1.29 is 14.7 Å². The van der Waals surface area contributed by atoms with Crippen LogP contribution in [0.2, 0.25) is 0 Å². The average molecular weight is 249 g/mol. The summed E-state index contributed by atoms with van der Waals surface area (Å²) in [4.78, 5) is 25.8. The number of rotatable bonds is 4. The predicted molar refractivity (Wildman–Crippen MR) is 65.1 cm³/mol. The lowest BCUT2D eigenvalue weighted by Crippen LogP contribution is -2.19. The quantitative estimate of drug-likeness (QED) is 0.733. The Bertz CT molecular complexity index is 458. The van der Waals surface area contributed by atoms with Gasteiger partial charge in [-0.05, 0) is 31.4 Å². The van der Waals surface area contributed by atoms with Gasteiger partial charge in [0.15, 0.2) is 0 Å². The summed E-state index contributed by atoms with van der Waals surface area (Å²) in [5, 5.41) is 12.1. The van der Waals surface area contributed by atoms with Crippen molar-refractivity contribution >= 4 is 17.7 Å². The normalized spacial score (nSPS) is 22.7. The molecule has 1 aromatic rings. The van der Waals surface area contributed by atoms with Crippen molar-refractivity contribution in [2.45, 2.75) is 25.3 Å². The van der Waals surface area contributed by atoms with Crippen LogP contribution >= 0.6 is 0 Å². The van der Waals surface area contributed by atoms with Gasteiger partial charge in [-0.3, -0.25) is 9.59 Å². The molecule has 6 heteroatoms. The van der Waals surface area contributed by atoms with Crippen molar-refractivity contribution in [3.63, 3.8) is 0 Å². The van der Waals surface area contributed by atoms with Gasteiger partial charge in [-0.2, -0.15) is 0 Å². The molecule has 0 radical (unpaired) electrons. The monoisotopic (exact) mass is 249 g/mol. The van der Waals surface area contributed by atoms with Crippen LogP contribution in [0.25, 0.3) is 0 Å². The minimum atomic E-state index is -0.740. The van der Waals surface area contributed by atoms with Crippen LogP contribution < -0.4 is 11.1 Å². The van der Waals surface area contributed by atoms with Gasteiger partial charge < -0.3 is 16.2 Å². The van der Waals surface area contributed by atoms with Crippen LogP contribution in [0.1, 0.15) is 29.6 Å². The summed E-state index contributed by atoms with van der Waals surface area (Å²) in [6.07, 6.45) is 3.52. The molecule has 1 amide bonds. The van der Waals surface area contributed by atoms with Crippen molar-refractivity contribution in [3.05, 3.63) is 23.9 Å². The fraction of sp³-hybridized carbons (Fsp3) is 0.417. The molecule has 6 nitrogen and oxygen atoms in total. The SMILES string of the molecule is NC(=O)c1ccc(N[C@H]2CC[C@@H](C(=O)O)C2)nc1. The Balaban J connectivity index is 1.94. The van der Waals surface area contributed by atoms with Crippen LogP contribution in [-0.4, -0.2) is 28.0 Å². The van der Waals surface area contributed by atoms with E-state index >= 15 is 0 Å². The predicted octanol–water partition coefficient (Wildman–Crippen LogP) is 0.846. The first-order valence-corrected chi connectivity index (χ1v) is 5.81. The number of carbonyl (C=O) groups excluding carboxylic acids is 1. The van der Waals surface area contributed by atoms with Gasteiger partial charge in [0.25, 0.3) is 0 Å². The highest BCUT2D eigenvalue weighted by Gasteiger charge is 2.29. The lowest BCUT2D eigenvalue weighted by molar-refractivity contribution is -0.141. The number of nitrogens with one attached hydrogen (secondary N) is 1. The van der Waals surface area contributed by atoms with Crippen molar-refractivity contribution in [1.29, 1.82) is 0 Å². The minimum Gasteiger partial charge on any atom is -0.481 e. The molecule has 1 saturated carbocycles. The first kappa shape index (κ1) is 12.3. The molecule has 18 heavy (non-hydrogen) atoms. The third kappa shape index (κ3) is 2.77. The highest BCUT2D eigenvalue weighted by Crippen LogP contribution is 2.27. The van der Waals surface area contributed by atoms with Crippen molar-refractivity contribution in [2.75, 3.05) is 5.32 Å². The molecule has 0 spiro atoms. The van der Waals surface area contributed by atoms with Crippen LogP contribution in [0.5, 0.6) is 0 Å². The van der Waals surface area contributed by atoms with E-state index in [-0.39, 0.29) is 12.0 Å². The highest BCUT2D eigenvalue weighted by atomic mass is 16.4. The molecule has 0 bridgehead atoms. The summed E-state index contributed by atoms with van der Waals surface area (Å²) < 4.78 is 0. The van der Waals surface area contributed by atoms with Crippen LogP contribution in [-0.2, 0) is 4.79 Å². The van der Waals surface area contributed by atoms with E-state index < -0.39 is 11.9 Å². The number of nitrogens with two attached hydrogens (primary N) is 1. The number of carboxylic acid groups (broad SMARTS) is 1.